The van der Waals surface area contributed by atoms with Crippen LogP contribution in [0.2, 0.25) is 0 Å². The van der Waals surface area contributed by atoms with Gasteiger partial charge in [-0.25, -0.2) is 0 Å². The summed E-state index contributed by atoms with van der Waals surface area (Å²) in [7, 11) is 0. The zero-order chi connectivity index (χ0) is 23.3. The maximum Gasteiger partial charge on any atom is 0.269 e. The van der Waals surface area contributed by atoms with Crippen molar-refractivity contribution in [2.24, 2.45) is 5.73 Å². The Bertz CT molecular complexity index is 875. The van der Waals surface area contributed by atoms with Gasteiger partial charge in [0.25, 0.3) is 5.91 Å². The van der Waals surface area contributed by atoms with E-state index in [9.17, 15) is 9.59 Å². The molecule has 0 spiro atoms. The Kier molecular flexibility index (Phi) is 10.5. The third-order valence-electron chi connectivity index (χ3n) is 5.55. The van der Waals surface area contributed by atoms with Gasteiger partial charge in [-0.1, -0.05) is 24.6 Å². The fourth-order valence-electron chi connectivity index (χ4n) is 3.83. The Morgan fingerprint density at radius 3 is 2.76 bits per heavy atom. The van der Waals surface area contributed by atoms with Gasteiger partial charge in [-0.15, -0.1) is 11.8 Å². The number of nitrogens with zero attached hydrogens (tertiary/aromatic N) is 2. The van der Waals surface area contributed by atoms with E-state index < -0.39 is 0 Å². The summed E-state index contributed by atoms with van der Waals surface area (Å²) < 4.78 is 5.93. The quantitative estimate of drug-likeness (QED) is 0.436. The number of primary amides is 1. The highest BCUT2D eigenvalue weighted by atomic mass is 32.2. The molecular formula is C25H34N4O3S. The molecular weight excluding hydrogens is 436 g/mol. The Balaban J connectivity index is 1.33. The lowest BCUT2D eigenvalue weighted by molar-refractivity contribution is -0.117. The second-order valence-corrected chi connectivity index (χ2v) is 9.52. The van der Waals surface area contributed by atoms with Crippen molar-refractivity contribution in [1.82, 2.24) is 15.2 Å². The molecule has 33 heavy (non-hydrogen) atoms. The molecule has 0 radical (unpaired) electrons. The number of hydrogen-bond donors (Lipinski definition) is 2. The van der Waals surface area contributed by atoms with E-state index in [1.54, 1.807) is 24.4 Å². The van der Waals surface area contributed by atoms with Crippen molar-refractivity contribution in [2.75, 3.05) is 32.0 Å². The van der Waals surface area contributed by atoms with E-state index >= 15 is 0 Å². The zero-order valence-corrected chi connectivity index (χ0v) is 19.9. The standard InChI is InChI=1S/C25H34N4O3S/c26-24(30)23(33-17-13-28-25(31)22-10-2-3-12-27-22)11-7-16-32-21-9-6-8-20(18-21)19-29-14-4-1-5-15-29/h2-3,6,8-10,12,18,23H,1,4-5,7,11,13-17,19H2,(H2,26,30)(H,28,31). The van der Waals surface area contributed by atoms with Gasteiger partial charge >= 0.3 is 0 Å². The Morgan fingerprint density at radius 2 is 2.00 bits per heavy atom. The highest BCUT2D eigenvalue weighted by Gasteiger charge is 2.16. The average molecular weight is 471 g/mol. The lowest BCUT2D eigenvalue weighted by Gasteiger charge is -2.26. The minimum absolute atomic E-state index is 0.220. The third-order valence-corrected chi connectivity index (χ3v) is 6.86. The van der Waals surface area contributed by atoms with E-state index in [1.807, 2.05) is 12.1 Å². The first kappa shape index (κ1) is 25.1. The number of aromatic nitrogens is 1. The highest BCUT2D eigenvalue weighted by molar-refractivity contribution is 8.00. The third kappa shape index (κ3) is 9.06. The van der Waals surface area contributed by atoms with Crippen LogP contribution in [0.25, 0.3) is 0 Å². The van der Waals surface area contributed by atoms with Crippen molar-refractivity contribution >= 4 is 23.6 Å². The minimum Gasteiger partial charge on any atom is -0.494 e. The smallest absolute Gasteiger partial charge is 0.269 e. The summed E-state index contributed by atoms with van der Waals surface area (Å²) in [6, 6.07) is 13.5. The van der Waals surface area contributed by atoms with Crippen LogP contribution < -0.4 is 15.8 Å². The van der Waals surface area contributed by atoms with Crippen LogP contribution in [0.3, 0.4) is 0 Å². The van der Waals surface area contributed by atoms with E-state index in [0.29, 0.717) is 31.0 Å². The molecule has 178 valence electrons. The lowest BCUT2D eigenvalue weighted by Crippen LogP contribution is -2.30. The SMILES string of the molecule is NC(=O)C(CCCOc1cccc(CN2CCCCC2)c1)SCCNC(=O)c1ccccn1. The predicted molar refractivity (Wildman–Crippen MR) is 132 cm³/mol. The summed E-state index contributed by atoms with van der Waals surface area (Å²) in [5, 5.41) is 2.51. The Labute approximate surface area is 200 Å². The lowest BCUT2D eigenvalue weighted by atomic mass is 10.1. The maximum atomic E-state index is 12.0. The number of nitrogens with one attached hydrogen (secondary N) is 1. The molecule has 3 rings (SSSR count). The number of likely N-dealkylation sites (tertiary alicyclic amines) is 1. The van der Waals surface area contributed by atoms with Crippen molar-refractivity contribution in [3.8, 4) is 5.75 Å². The number of benzene rings is 1. The molecule has 1 aliphatic heterocycles. The van der Waals surface area contributed by atoms with E-state index in [0.717, 1.165) is 18.7 Å². The fraction of sp³-hybridized carbons (Fsp3) is 0.480. The maximum absolute atomic E-state index is 12.0. The van der Waals surface area contributed by atoms with Gasteiger partial charge in [0.2, 0.25) is 5.91 Å². The Morgan fingerprint density at radius 1 is 1.15 bits per heavy atom. The first-order valence-corrected chi connectivity index (χ1v) is 12.7. The summed E-state index contributed by atoms with van der Waals surface area (Å²) >= 11 is 1.46. The number of hydrogen-bond acceptors (Lipinski definition) is 6. The summed E-state index contributed by atoms with van der Waals surface area (Å²) in [5.41, 5.74) is 7.22. The van der Waals surface area contributed by atoms with Gasteiger partial charge < -0.3 is 15.8 Å². The van der Waals surface area contributed by atoms with Crippen LogP contribution in [0.15, 0.2) is 48.7 Å². The van der Waals surface area contributed by atoms with Gasteiger partial charge in [0.05, 0.1) is 11.9 Å². The van der Waals surface area contributed by atoms with Crippen LogP contribution in [-0.2, 0) is 11.3 Å². The monoisotopic (exact) mass is 470 g/mol. The summed E-state index contributed by atoms with van der Waals surface area (Å²) in [6.07, 6.45) is 6.86. The molecule has 3 N–H and O–H groups in total. The van der Waals surface area contributed by atoms with Crippen molar-refractivity contribution in [1.29, 1.82) is 0 Å². The minimum atomic E-state index is -0.334. The molecule has 2 heterocycles. The van der Waals surface area contributed by atoms with Crippen LogP contribution in [0.4, 0.5) is 0 Å². The number of pyridine rings is 1. The topological polar surface area (TPSA) is 97.5 Å². The predicted octanol–water partition coefficient (Wildman–Crippen LogP) is 3.24. The number of carbonyl (C=O) groups excluding carboxylic acids is 2. The summed E-state index contributed by atoms with van der Waals surface area (Å²) in [5.74, 6) is 0.915. The molecule has 7 nitrogen and oxygen atoms in total. The van der Waals surface area contributed by atoms with Crippen LogP contribution in [-0.4, -0.2) is 58.9 Å². The normalized spacial score (nSPS) is 15.0. The number of ether oxygens (including phenoxy) is 1. The number of nitrogens with two attached hydrogens (primary N) is 1. The van der Waals surface area contributed by atoms with Crippen molar-refractivity contribution in [2.45, 2.75) is 43.9 Å². The molecule has 0 aliphatic carbocycles. The molecule has 0 saturated carbocycles. The van der Waals surface area contributed by atoms with E-state index in [2.05, 4.69) is 27.3 Å². The van der Waals surface area contributed by atoms with Gasteiger partial charge in [-0.05, 0) is 68.6 Å². The molecule has 1 atom stereocenters. The van der Waals surface area contributed by atoms with Gasteiger partial charge in [0.15, 0.2) is 0 Å². The second-order valence-electron chi connectivity index (χ2n) is 8.21. The first-order valence-electron chi connectivity index (χ1n) is 11.7. The molecule has 1 fully saturated rings. The largest absolute Gasteiger partial charge is 0.494 e. The van der Waals surface area contributed by atoms with E-state index in [4.69, 9.17) is 10.5 Å². The van der Waals surface area contributed by atoms with Crippen LogP contribution in [0, 0.1) is 0 Å². The molecule has 1 aromatic carbocycles. The molecule has 1 saturated heterocycles. The average Bonchev–Trinajstić information content (AvgIpc) is 2.84. The van der Waals surface area contributed by atoms with Crippen molar-refractivity contribution in [3.63, 3.8) is 0 Å². The molecule has 1 unspecified atom stereocenters. The second kappa shape index (κ2) is 13.9. The number of thioether (sulfide) groups is 1. The molecule has 2 aromatic rings. The van der Waals surface area contributed by atoms with Crippen molar-refractivity contribution < 1.29 is 14.3 Å². The number of piperidine rings is 1. The first-order chi connectivity index (χ1) is 16.1. The highest BCUT2D eigenvalue weighted by Crippen LogP contribution is 2.19. The fourth-order valence-corrected chi connectivity index (χ4v) is 4.83. The summed E-state index contributed by atoms with van der Waals surface area (Å²) in [6.45, 7) is 4.29. The molecule has 2 amide bonds. The number of carbonyl (C=O) groups is 2. The molecule has 1 aliphatic rings. The van der Waals surface area contributed by atoms with Crippen LogP contribution in [0.5, 0.6) is 5.75 Å². The summed E-state index contributed by atoms with van der Waals surface area (Å²) in [4.78, 5) is 30.3. The number of amides is 2. The van der Waals surface area contributed by atoms with Gasteiger partial charge in [-0.3, -0.25) is 19.5 Å². The molecule has 0 bridgehead atoms. The zero-order valence-electron chi connectivity index (χ0n) is 19.1. The molecule has 1 aromatic heterocycles. The van der Waals surface area contributed by atoms with E-state index in [-0.39, 0.29) is 17.1 Å². The van der Waals surface area contributed by atoms with E-state index in [1.165, 1.54) is 49.7 Å². The number of rotatable bonds is 13. The van der Waals surface area contributed by atoms with Gasteiger partial charge in [-0.2, -0.15) is 0 Å². The van der Waals surface area contributed by atoms with Crippen LogP contribution >= 0.6 is 11.8 Å². The Hall–Kier alpha value is -2.58. The van der Waals surface area contributed by atoms with Gasteiger partial charge in [0.1, 0.15) is 11.4 Å². The van der Waals surface area contributed by atoms with Gasteiger partial charge in [0, 0.05) is 25.0 Å². The van der Waals surface area contributed by atoms with Crippen molar-refractivity contribution in [3.05, 3.63) is 59.9 Å². The molecule has 8 heteroatoms. The van der Waals surface area contributed by atoms with Crippen LogP contribution in [0.1, 0.15) is 48.2 Å².